The number of rotatable bonds is 7. The summed E-state index contributed by atoms with van der Waals surface area (Å²) in [5, 5.41) is 27.1. The Morgan fingerprint density at radius 1 is 1.15 bits per heavy atom. The number of hydrogen-bond donors (Lipinski definition) is 1. The lowest BCUT2D eigenvalue weighted by Gasteiger charge is -2.11. The molecule has 0 saturated heterocycles. The van der Waals surface area contributed by atoms with Crippen LogP contribution in [0.3, 0.4) is 0 Å². The van der Waals surface area contributed by atoms with Crippen molar-refractivity contribution in [2.24, 2.45) is 5.10 Å². The van der Waals surface area contributed by atoms with Crippen molar-refractivity contribution in [3.8, 4) is 11.4 Å². The molecule has 0 atom stereocenters. The number of hydrogen-bond acceptors (Lipinski definition) is 10. The number of thiophene rings is 1. The Bertz CT molecular complexity index is 1710. The second kappa shape index (κ2) is 10.4. The van der Waals surface area contributed by atoms with Crippen LogP contribution in [0.5, 0.6) is 5.75 Å². The molecule has 0 aliphatic heterocycles. The van der Waals surface area contributed by atoms with Gasteiger partial charge in [-0.1, -0.05) is 6.07 Å². The first-order valence-corrected chi connectivity index (χ1v) is 12.6. The molecule has 2 aromatic heterocycles. The molecule has 2 heterocycles. The fourth-order valence-electron chi connectivity index (χ4n) is 4.53. The molecule has 0 unspecified atom stereocenters. The van der Waals surface area contributed by atoms with Crippen LogP contribution in [0.4, 0.5) is 11.4 Å². The quantitative estimate of drug-likeness (QED) is 0.206. The number of nitrogens with zero attached hydrogens (tertiary/aromatic N) is 5. The average molecular weight is 549 g/mol. The maximum atomic E-state index is 13.4. The van der Waals surface area contributed by atoms with Crippen LogP contribution in [0.1, 0.15) is 39.2 Å². The third-order valence-corrected chi connectivity index (χ3v) is 7.51. The van der Waals surface area contributed by atoms with E-state index >= 15 is 0 Å². The van der Waals surface area contributed by atoms with Gasteiger partial charge in [0.15, 0.2) is 0 Å². The topological polar surface area (TPSA) is 172 Å². The molecule has 14 heteroatoms. The van der Waals surface area contributed by atoms with Gasteiger partial charge in [-0.05, 0) is 49.4 Å². The summed E-state index contributed by atoms with van der Waals surface area (Å²) in [5.41, 5.74) is 2.57. The van der Waals surface area contributed by atoms with Gasteiger partial charge in [-0.3, -0.25) is 34.4 Å². The molecule has 0 fully saturated rings. The first-order chi connectivity index (χ1) is 18.8. The van der Waals surface area contributed by atoms with Crippen LogP contribution in [-0.2, 0) is 12.8 Å². The number of aryl methyl sites for hydroxylation is 2. The van der Waals surface area contributed by atoms with Crippen LogP contribution in [0.25, 0.3) is 15.9 Å². The van der Waals surface area contributed by atoms with E-state index in [1.807, 2.05) is 0 Å². The largest absolute Gasteiger partial charge is 0.485 e. The summed E-state index contributed by atoms with van der Waals surface area (Å²) >= 11 is 1.55. The molecule has 2 aromatic carbocycles. The number of nitro benzene ring substituents is 2. The smallest absolute Gasteiger partial charge is 0.318 e. The van der Waals surface area contributed by atoms with Crippen molar-refractivity contribution in [2.45, 2.75) is 25.7 Å². The summed E-state index contributed by atoms with van der Waals surface area (Å²) in [7, 11) is 1.09. The van der Waals surface area contributed by atoms with Gasteiger partial charge in [-0.15, -0.1) is 11.3 Å². The number of carbonyl (C=O) groups excluding carboxylic acids is 1. The van der Waals surface area contributed by atoms with Gasteiger partial charge in [0.2, 0.25) is 0 Å². The Morgan fingerprint density at radius 3 is 2.56 bits per heavy atom. The van der Waals surface area contributed by atoms with E-state index in [0.29, 0.717) is 15.9 Å². The number of amides is 1. The molecule has 0 saturated carbocycles. The van der Waals surface area contributed by atoms with Crippen molar-refractivity contribution < 1.29 is 19.4 Å². The summed E-state index contributed by atoms with van der Waals surface area (Å²) in [6.45, 7) is 0. The molecule has 39 heavy (non-hydrogen) atoms. The van der Waals surface area contributed by atoms with E-state index < -0.39 is 32.9 Å². The molecule has 0 radical (unpaired) electrons. The Kier molecular flexibility index (Phi) is 6.85. The maximum absolute atomic E-state index is 13.4. The van der Waals surface area contributed by atoms with E-state index in [-0.39, 0.29) is 16.7 Å². The average Bonchev–Trinajstić information content (AvgIpc) is 3.32. The first kappa shape index (κ1) is 25.7. The Hall–Kier alpha value is -4.98. The predicted molar refractivity (Wildman–Crippen MR) is 143 cm³/mol. The van der Waals surface area contributed by atoms with Gasteiger partial charge in [0.05, 0.1) is 34.2 Å². The van der Waals surface area contributed by atoms with Crippen molar-refractivity contribution in [3.05, 3.63) is 94.9 Å². The highest BCUT2D eigenvalue weighted by atomic mass is 32.1. The van der Waals surface area contributed by atoms with Crippen LogP contribution >= 0.6 is 11.3 Å². The summed E-state index contributed by atoms with van der Waals surface area (Å²) in [5.74, 6) is -1.12. The minimum Gasteiger partial charge on any atom is -0.485 e. The molecular weight excluding hydrogens is 528 g/mol. The molecule has 1 aliphatic rings. The lowest BCUT2D eigenvalue weighted by Crippen LogP contribution is -2.21. The van der Waals surface area contributed by atoms with E-state index in [1.165, 1.54) is 27.9 Å². The lowest BCUT2D eigenvalue weighted by molar-refractivity contribution is -0.395. The van der Waals surface area contributed by atoms with Crippen LogP contribution in [0, 0.1) is 20.2 Å². The van der Waals surface area contributed by atoms with Gasteiger partial charge in [0, 0.05) is 28.1 Å². The molecule has 1 aliphatic carbocycles. The van der Waals surface area contributed by atoms with E-state index in [1.54, 1.807) is 23.5 Å². The zero-order valence-electron chi connectivity index (χ0n) is 20.4. The molecule has 1 N–H and O–H groups in total. The standard InChI is InChI=1S/C25H20N6O7S/c1-38-22-18(30(34)35)9-14(10-19(22)31(36)37)12-27-28-23(32)15-5-4-6-16(11-15)29-13-26-24-21(25(29)33)17-7-2-3-8-20(17)39-24/h4-6,9-13H,2-3,7-8H2,1H3,(H,28,32)/b27-12+. The molecular formula is C25H20N6O7S. The molecule has 5 rings (SSSR count). The van der Waals surface area contributed by atoms with Crippen LogP contribution in [-0.4, -0.2) is 38.6 Å². The molecule has 198 valence electrons. The summed E-state index contributed by atoms with van der Waals surface area (Å²) in [4.78, 5) is 53.6. The number of aromatic nitrogens is 2. The highest BCUT2D eigenvalue weighted by Gasteiger charge is 2.27. The van der Waals surface area contributed by atoms with Gasteiger partial charge in [0.25, 0.3) is 17.2 Å². The number of hydrazone groups is 1. The minimum atomic E-state index is -0.812. The second-order valence-corrected chi connectivity index (χ2v) is 9.75. The number of benzene rings is 2. The Morgan fingerprint density at radius 2 is 1.87 bits per heavy atom. The normalized spacial score (nSPS) is 12.8. The van der Waals surface area contributed by atoms with Crippen molar-refractivity contribution >= 4 is 45.0 Å². The SMILES string of the molecule is COc1c([N+](=O)[O-])cc(/C=N/NC(=O)c2cccc(-n3cnc4sc5c(c4c3=O)CCCC5)c2)cc1[N+](=O)[O-]. The minimum absolute atomic E-state index is 0.00766. The van der Waals surface area contributed by atoms with Gasteiger partial charge >= 0.3 is 11.4 Å². The third kappa shape index (κ3) is 4.84. The lowest BCUT2D eigenvalue weighted by atomic mass is 9.97. The fraction of sp³-hybridized carbons (Fsp3) is 0.200. The second-order valence-electron chi connectivity index (χ2n) is 8.67. The predicted octanol–water partition coefficient (Wildman–Crippen LogP) is 3.91. The molecule has 1 amide bonds. The highest BCUT2D eigenvalue weighted by Crippen LogP contribution is 2.37. The molecule has 4 aromatic rings. The first-order valence-electron chi connectivity index (χ1n) is 11.7. The third-order valence-electron chi connectivity index (χ3n) is 6.31. The number of fused-ring (bicyclic) bond motifs is 3. The molecule has 13 nitrogen and oxygen atoms in total. The number of nitro groups is 2. The van der Waals surface area contributed by atoms with E-state index in [4.69, 9.17) is 4.74 Å². The Labute approximate surface area is 223 Å². The maximum Gasteiger partial charge on any atom is 0.318 e. The Balaban J connectivity index is 1.40. The number of methoxy groups -OCH3 is 1. The van der Waals surface area contributed by atoms with Crippen molar-refractivity contribution in [3.63, 3.8) is 0 Å². The summed E-state index contributed by atoms with van der Waals surface area (Å²) in [6, 6.07) is 8.43. The number of carbonyl (C=O) groups is 1. The van der Waals surface area contributed by atoms with Gasteiger partial charge in [0.1, 0.15) is 11.2 Å². The van der Waals surface area contributed by atoms with E-state index in [2.05, 4.69) is 15.5 Å². The fourth-order valence-corrected chi connectivity index (χ4v) is 5.75. The van der Waals surface area contributed by atoms with Gasteiger partial charge < -0.3 is 4.74 Å². The van der Waals surface area contributed by atoms with E-state index in [0.717, 1.165) is 56.7 Å². The van der Waals surface area contributed by atoms with Crippen molar-refractivity contribution in [1.29, 1.82) is 0 Å². The number of nitrogens with one attached hydrogen (secondary N) is 1. The van der Waals surface area contributed by atoms with Crippen LogP contribution < -0.4 is 15.7 Å². The molecule has 0 bridgehead atoms. The summed E-state index contributed by atoms with van der Waals surface area (Å²) < 4.78 is 6.23. The van der Waals surface area contributed by atoms with Crippen molar-refractivity contribution in [1.82, 2.24) is 15.0 Å². The van der Waals surface area contributed by atoms with Gasteiger partial charge in [-0.2, -0.15) is 5.10 Å². The number of ether oxygens (including phenoxy) is 1. The van der Waals surface area contributed by atoms with E-state index in [9.17, 15) is 29.8 Å². The summed E-state index contributed by atoms with van der Waals surface area (Å²) in [6.07, 6.45) is 6.41. The zero-order valence-corrected chi connectivity index (χ0v) is 21.3. The highest BCUT2D eigenvalue weighted by molar-refractivity contribution is 7.18. The van der Waals surface area contributed by atoms with Gasteiger partial charge in [-0.25, -0.2) is 10.4 Å². The monoisotopic (exact) mass is 548 g/mol. The van der Waals surface area contributed by atoms with Crippen molar-refractivity contribution in [2.75, 3.05) is 7.11 Å². The zero-order chi connectivity index (χ0) is 27.7. The van der Waals surface area contributed by atoms with Crippen LogP contribution in [0.15, 0.2) is 52.6 Å². The molecule has 0 spiro atoms. The van der Waals surface area contributed by atoms with Crippen LogP contribution in [0.2, 0.25) is 0 Å².